The second-order valence-electron chi connectivity index (χ2n) is 3.83. The van der Waals surface area contributed by atoms with Gasteiger partial charge < -0.3 is 16.2 Å². The smallest absolute Gasteiger partial charge is 0.335 e. The Morgan fingerprint density at radius 1 is 1.42 bits per heavy atom. The molecule has 0 saturated carbocycles. The van der Waals surface area contributed by atoms with Crippen molar-refractivity contribution in [2.24, 2.45) is 0 Å². The molecule has 0 atom stereocenters. The summed E-state index contributed by atoms with van der Waals surface area (Å²) in [6, 6.07) is 4.15. The van der Waals surface area contributed by atoms with Crippen LogP contribution in [0.4, 0.5) is 11.4 Å². The van der Waals surface area contributed by atoms with Crippen LogP contribution in [0.5, 0.6) is 0 Å². The first-order valence-corrected chi connectivity index (χ1v) is 6.21. The molecule has 0 fully saturated rings. The van der Waals surface area contributed by atoms with E-state index >= 15 is 0 Å². The number of amides is 1. The number of carbonyl (C=O) groups excluding carboxylic acids is 1. The molecule has 98 valence electrons. The van der Waals surface area contributed by atoms with E-state index in [-0.39, 0.29) is 17.2 Å². The van der Waals surface area contributed by atoms with Crippen molar-refractivity contribution in [2.45, 2.75) is 6.92 Å². The molecule has 1 heterocycles. The van der Waals surface area contributed by atoms with Gasteiger partial charge in [0.05, 0.1) is 28.1 Å². The first kappa shape index (κ1) is 13.0. The highest BCUT2D eigenvalue weighted by atomic mass is 32.1. The minimum atomic E-state index is -1.07. The van der Waals surface area contributed by atoms with Crippen LogP contribution in [0, 0.1) is 6.92 Å². The lowest BCUT2D eigenvalue weighted by molar-refractivity contribution is 0.0697. The van der Waals surface area contributed by atoms with Crippen LogP contribution >= 0.6 is 11.3 Å². The summed E-state index contributed by atoms with van der Waals surface area (Å²) in [7, 11) is 0. The number of nitrogens with two attached hydrogens (primary N) is 1. The van der Waals surface area contributed by atoms with Crippen LogP contribution in [-0.4, -0.2) is 22.0 Å². The van der Waals surface area contributed by atoms with Gasteiger partial charge in [-0.2, -0.15) is 0 Å². The van der Waals surface area contributed by atoms with E-state index < -0.39 is 5.97 Å². The van der Waals surface area contributed by atoms with Crippen LogP contribution in [0.15, 0.2) is 23.7 Å². The Morgan fingerprint density at radius 3 is 2.68 bits per heavy atom. The van der Waals surface area contributed by atoms with Gasteiger partial charge in [-0.25, -0.2) is 9.78 Å². The number of aromatic carboxylic acids is 1. The fourth-order valence-corrected chi connectivity index (χ4v) is 2.21. The van der Waals surface area contributed by atoms with Crippen molar-refractivity contribution in [3.63, 3.8) is 0 Å². The molecule has 1 aromatic carbocycles. The summed E-state index contributed by atoms with van der Waals surface area (Å²) in [5.74, 6) is -1.38. The Kier molecular flexibility index (Phi) is 3.48. The summed E-state index contributed by atoms with van der Waals surface area (Å²) >= 11 is 1.23. The molecule has 0 unspecified atom stereocenters. The maximum Gasteiger partial charge on any atom is 0.335 e. The number of aromatic nitrogens is 1. The zero-order valence-electron chi connectivity index (χ0n) is 10.0. The zero-order valence-corrected chi connectivity index (χ0v) is 10.8. The predicted molar refractivity (Wildman–Crippen MR) is 72.6 cm³/mol. The number of thiazole rings is 1. The quantitative estimate of drug-likeness (QED) is 0.744. The second kappa shape index (κ2) is 5.07. The van der Waals surface area contributed by atoms with Gasteiger partial charge in [0.15, 0.2) is 0 Å². The number of carboxylic acids is 1. The highest BCUT2D eigenvalue weighted by Gasteiger charge is 2.14. The highest BCUT2D eigenvalue weighted by molar-refractivity contribution is 7.12. The fourth-order valence-electron chi connectivity index (χ4n) is 1.51. The number of nitrogens with zero attached hydrogens (tertiary/aromatic N) is 1. The normalized spacial score (nSPS) is 10.2. The topological polar surface area (TPSA) is 105 Å². The van der Waals surface area contributed by atoms with Crippen LogP contribution in [0.3, 0.4) is 0 Å². The van der Waals surface area contributed by atoms with Gasteiger partial charge >= 0.3 is 5.97 Å². The van der Waals surface area contributed by atoms with Crippen molar-refractivity contribution in [3.05, 3.63) is 39.8 Å². The summed E-state index contributed by atoms with van der Waals surface area (Å²) in [5.41, 5.74) is 8.59. The molecule has 7 heteroatoms. The number of nitrogen functional groups attached to an aromatic ring is 1. The van der Waals surface area contributed by atoms with E-state index in [1.807, 2.05) is 0 Å². The van der Waals surface area contributed by atoms with E-state index in [4.69, 9.17) is 10.8 Å². The van der Waals surface area contributed by atoms with Crippen molar-refractivity contribution in [2.75, 3.05) is 11.1 Å². The zero-order chi connectivity index (χ0) is 14.0. The van der Waals surface area contributed by atoms with E-state index in [0.29, 0.717) is 16.3 Å². The molecule has 6 nitrogen and oxygen atoms in total. The van der Waals surface area contributed by atoms with E-state index in [2.05, 4.69) is 10.3 Å². The molecule has 2 rings (SSSR count). The number of hydrogen-bond donors (Lipinski definition) is 3. The molecule has 0 bridgehead atoms. The molecule has 1 aromatic heterocycles. The van der Waals surface area contributed by atoms with Gasteiger partial charge in [-0.15, -0.1) is 11.3 Å². The van der Waals surface area contributed by atoms with Gasteiger partial charge in [0.2, 0.25) is 0 Å². The number of rotatable bonds is 3. The molecule has 0 aliphatic rings. The summed E-state index contributed by atoms with van der Waals surface area (Å²) in [6.07, 6.45) is 0. The number of anilines is 2. The Labute approximate surface area is 112 Å². The fraction of sp³-hybridized carbons (Fsp3) is 0.0833. The van der Waals surface area contributed by atoms with Crippen LogP contribution in [0.1, 0.15) is 25.7 Å². The molecule has 1 amide bonds. The van der Waals surface area contributed by atoms with Gasteiger partial charge in [0.25, 0.3) is 5.91 Å². The third-order valence-electron chi connectivity index (χ3n) is 2.50. The van der Waals surface area contributed by atoms with Crippen LogP contribution in [-0.2, 0) is 0 Å². The molecule has 0 saturated heterocycles. The lowest BCUT2D eigenvalue weighted by Crippen LogP contribution is -2.13. The monoisotopic (exact) mass is 277 g/mol. The van der Waals surface area contributed by atoms with Gasteiger partial charge in [-0.3, -0.25) is 4.79 Å². The number of nitrogens with one attached hydrogen (secondary N) is 1. The van der Waals surface area contributed by atoms with Crippen LogP contribution in [0.25, 0.3) is 0 Å². The second-order valence-corrected chi connectivity index (χ2v) is 4.68. The largest absolute Gasteiger partial charge is 0.478 e. The lowest BCUT2D eigenvalue weighted by atomic mass is 10.1. The lowest BCUT2D eigenvalue weighted by Gasteiger charge is -2.08. The predicted octanol–water partition coefficient (Wildman–Crippen LogP) is 1.98. The number of carboxylic acid groups (broad SMARTS) is 1. The van der Waals surface area contributed by atoms with Gasteiger partial charge in [-0.1, -0.05) is 0 Å². The Hall–Kier alpha value is -2.41. The summed E-state index contributed by atoms with van der Waals surface area (Å²) in [4.78, 5) is 27.2. The van der Waals surface area contributed by atoms with Crippen molar-refractivity contribution in [3.8, 4) is 0 Å². The van der Waals surface area contributed by atoms with Gasteiger partial charge in [0, 0.05) is 0 Å². The molecular formula is C12H11N3O3S. The number of benzene rings is 1. The van der Waals surface area contributed by atoms with Crippen molar-refractivity contribution < 1.29 is 14.7 Å². The average Bonchev–Trinajstić information content (AvgIpc) is 2.77. The minimum absolute atomic E-state index is 0.0736. The third kappa shape index (κ3) is 2.71. The van der Waals surface area contributed by atoms with E-state index in [1.54, 1.807) is 12.4 Å². The average molecular weight is 277 g/mol. The van der Waals surface area contributed by atoms with Gasteiger partial charge in [-0.05, 0) is 25.1 Å². The Morgan fingerprint density at radius 2 is 2.16 bits per heavy atom. The third-order valence-corrected chi connectivity index (χ3v) is 3.43. The van der Waals surface area contributed by atoms with Crippen molar-refractivity contribution in [1.82, 2.24) is 4.98 Å². The van der Waals surface area contributed by atoms with Crippen LogP contribution < -0.4 is 11.1 Å². The molecule has 2 aromatic rings. The maximum absolute atomic E-state index is 12.0. The van der Waals surface area contributed by atoms with Gasteiger partial charge in [0.1, 0.15) is 4.88 Å². The highest BCUT2D eigenvalue weighted by Crippen LogP contribution is 2.22. The number of carbonyl (C=O) groups is 2. The number of aryl methyl sites for hydroxylation is 1. The summed E-state index contributed by atoms with van der Waals surface area (Å²) in [5, 5.41) is 11.5. The van der Waals surface area contributed by atoms with E-state index in [1.165, 1.54) is 29.5 Å². The first-order valence-electron chi connectivity index (χ1n) is 5.33. The molecule has 0 spiro atoms. The molecule has 19 heavy (non-hydrogen) atoms. The minimum Gasteiger partial charge on any atom is -0.478 e. The first-order chi connectivity index (χ1) is 8.99. The van der Waals surface area contributed by atoms with Crippen molar-refractivity contribution >= 4 is 34.6 Å². The van der Waals surface area contributed by atoms with Crippen LogP contribution in [0.2, 0.25) is 0 Å². The van der Waals surface area contributed by atoms with E-state index in [0.717, 1.165) is 0 Å². The summed E-state index contributed by atoms with van der Waals surface area (Å²) < 4.78 is 0. The molecule has 0 aliphatic carbocycles. The Balaban J connectivity index is 2.23. The Bertz CT molecular complexity index is 651. The summed E-state index contributed by atoms with van der Waals surface area (Å²) in [6.45, 7) is 1.74. The molecule has 0 aliphatic heterocycles. The molecular weight excluding hydrogens is 266 g/mol. The molecule has 4 N–H and O–H groups in total. The standard InChI is InChI=1S/C12H11N3O3S/c1-6-10(19-5-14-6)11(16)15-9-3-2-7(12(17)18)4-8(9)13/h2-5H,13H2,1H3,(H,15,16)(H,17,18). The molecule has 0 radical (unpaired) electrons. The van der Waals surface area contributed by atoms with Crippen molar-refractivity contribution in [1.29, 1.82) is 0 Å². The maximum atomic E-state index is 12.0. The SMILES string of the molecule is Cc1ncsc1C(=O)Nc1ccc(C(=O)O)cc1N. The number of hydrogen-bond acceptors (Lipinski definition) is 5. The van der Waals surface area contributed by atoms with E-state index in [9.17, 15) is 9.59 Å².